The fourth-order valence-corrected chi connectivity index (χ4v) is 5.32. The number of H-pyrrole nitrogens is 1. The molecule has 1 aliphatic heterocycles. The average Bonchev–Trinajstić information content (AvgIpc) is 3.39. The highest BCUT2D eigenvalue weighted by atomic mass is 35.5. The molecule has 2 aromatic carbocycles. The van der Waals surface area contributed by atoms with Crippen LogP contribution < -0.4 is 10.6 Å². The van der Waals surface area contributed by atoms with Gasteiger partial charge in [0.2, 0.25) is 0 Å². The number of nitrogens with one attached hydrogen (secondary N) is 3. The van der Waals surface area contributed by atoms with E-state index in [-0.39, 0.29) is 11.1 Å². The van der Waals surface area contributed by atoms with Crippen LogP contribution in [0.2, 0.25) is 5.02 Å². The van der Waals surface area contributed by atoms with Crippen molar-refractivity contribution in [3.8, 4) is 11.1 Å². The van der Waals surface area contributed by atoms with Crippen LogP contribution in [-0.4, -0.2) is 21.7 Å². The van der Waals surface area contributed by atoms with Gasteiger partial charge in [-0.05, 0) is 31.4 Å². The van der Waals surface area contributed by atoms with Crippen molar-refractivity contribution in [2.24, 2.45) is 0 Å². The normalized spacial score (nSPS) is 19.7. The second-order valence-corrected chi connectivity index (χ2v) is 10.0. The number of fused-ring (bicyclic) bond motifs is 2. The summed E-state index contributed by atoms with van der Waals surface area (Å²) in [5, 5.41) is 20.6. The number of para-hydroxylation sites is 1. The molecular formula is C24H22ClF2N3OS. The van der Waals surface area contributed by atoms with Gasteiger partial charge in [-0.3, -0.25) is 0 Å². The summed E-state index contributed by atoms with van der Waals surface area (Å²) in [6.45, 7) is 4.08. The highest BCUT2D eigenvalue weighted by Crippen LogP contribution is 2.44. The van der Waals surface area contributed by atoms with E-state index in [0.717, 1.165) is 4.88 Å². The Labute approximate surface area is 193 Å². The quantitative estimate of drug-likeness (QED) is 0.284. The van der Waals surface area contributed by atoms with Crippen molar-refractivity contribution in [1.82, 2.24) is 10.3 Å². The minimum Gasteiger partial charge on any atom is -0.389 e. The number of aliphatic hydroxyl groups is 1. The van der Waals surface area contributed by atoms with E-state index in [0.29, 0.717) is 33.7 Å². The Morgan fingerprint density at radius 3 is 2.78 bits per heavy atom. The molecule has 32 heavy (non-hydrogen) atoms. The molecule has 1 aliphatic rings. The van der Waals surface area contributed by atoms with E-state index in [4.69, 9.17) is 11.6 Å². The summed E-state index contributed by atoms with van der Waals surface area (Å²) >= 11 is 7.79. The predicted octanol–water partition coefficient (Wildman–Crippen LogP) is 6.22. The number of thiophene rings is 1. The van der Waals surface area contributed by atoms with Gasteiger partial charge >= 0.3 is 0 Å². The number of benzene rings is 2. The number of halogens is 3. The van der Waals surface area contributed by atoms with Crippen molar-refractivity contribution in [2.45, 2.75) is 38.1 Å². The third kappa shape index (κ3) is 3.40. The highest BCUT2D eigenvalue weighted by Gasteiger charge is 2.43. The molecule has 4 N–H and O–H groups in total. The molecule has 0 saturated carbocycles. The van der Waals surface area contributed by atoms with Crippen molar-refractivity contribution in [1.29, 1.82) is 0 Å². The average molecular weight is 474 g/mol. The van der Waals surface area contributed by atoms with E-state index in [2.05, 4.69) is 15.6 Å². The second-order valence-electron chi connectivity index (χ2n) is 8.60. The van der Waals surface area contributed by atoms with Crippen molar-refractivity contribution in [3.63, 3.8) is 0 Å². The zero-order chi connectivity index (χ0) is 22.6. The Balaban J connectivity index is 1.68. The first-order valence-electron chi connectivity index (χ1n) is 10.3. The Morgan fingerprint density at radius 2 is 2.03 bits per heavy atom. The van der Waals surface area contributed by atoms with Crippen LogP contribution in [0.25, 0.3) is 22.0 Å². The van der Waals surface area contributed by atoms with Crippen LogP contribution in [-0.2, 0) is 6.54 Å². The molecule has 0 amide bonds. The van der Waals surface area contributed by atoms with Crippen LogP contribution in [0.1, 0.15) is 30.3 Å². The molecule has 166 valence electrons. The van der Waals surface area contributed by atoms with Gasteiger partial charge in [-0.25, -0.2) is 8.78 Å². The monoisotopic (exact) mass is 473 g/mol. The molecule has 4 nitrogen and oxygen atoms in total. The summed E-state index contributed by atoms with van der Waals surface area (Å²) in [7, 11) is 0. The van der Waals surface area contributed by atoms with Crippen molar-refractivity contribution in [2.75, 3.05) is 5.32 Å². The van der Waals surface area contributed by atoms with Crippen LogP contribution in [0.15, 0.2) is 48.0 Å². The van der Waals surface area contributed by atoms with Crippen LogP contribution in [0.3, 0.4) is 0 Å². The van der Waals surface area contributed by atoms with Gasteiger partial charge in [0.05, 0.1) is 33.8 Å². The first-order chi connectivity index (χ1) is 15.3. The lowest BCUT2D eigenvalue weighted by molar-refractivity contribution is 0.0664. The maximum Gasteiger partial charge on any atom is 0.140 e. The van der Waals surface area contributed by atoms with E-state index in [1.165, 1.54) is 6.07 Å². The Bertz CT molecular complexity index is 1300. The van der Waals surface area contributed by atoms with Crippen LogP contribution >= 0.6 is 22.9 Å². The summed E-state index contributed by atoms with van der Waals surface area (Å²) in [6, 6.07) is 9.67. The predicted molar refractivity (Wildman–Crippen MR) is 126 cm³/mol. The Kier molecular flexibility index (Phi) is 5.25. The first-order valence-corrected chi connectivity index (χ1v) is 11.5. The van der Waals surface area contributed by atoms with Crippen LogP contribution in [0.4, 0.5) is 14.5 Å². The molecule has 8 heteroatoms. The SMILES string of the molecule is CC1(C)Nc2cc(F)c(-c3cccc4c(Cl)c[nH]c34)c(F)c2C(NCc2cccs2)C1O. The molecule has 4 aromatic rings. The Hall–Kier alpha value is -2.45. The number of aromatic amines is 1. The van der Waals surface area contributed by atoms with E-state index < -0.39 is 29.3 Å². The minimum atomic E-state index is -0.946. The molecule has 0 saturated heterocycles. The summed E-state index contributed by atoms with van der Waals surface area (Å²) in [5.41, 5.74) is 0.558. The summed E-state index contributed by atoms with van der Waals surface area (Å²) in [5.74, 6) is -1.39. The molecule has 2 atom stereocenters. The standard InChI is InChI=1S/C24H22ClF2N3OS/c1-24(2)23(31)22(28-10-12-5-4-8-32-12)19-17(30-24)9-16(26)18(20(19)27)14-7-3-6-13-15(25)11-29-21(13)14/h3-9,11,22-23,28-31H,10H2,1-2H3. The van der Waals surface area contributed by atoms with Crippen LogP contribution in [0, 0.1) is 11.6 Å². The number of aromatic nitrogens is 1. The van der Waals surface area contributed by atoms with Crippen molar-refractivity contribution < 1.29 is 13.9 Å². The summed E-state index contributed by atoms with van der Waals surface area (Å²) in [6.07, 6.45) is 0.655. The molecule has 0 spiro atoms. The topological polar surface area (TPSA) is 60.1 Å². The number of hydrogen-bond donors (Lipinski definition) is 4. The van der Waals surface area contributed by atoms with Crippen molar-refractivity contribution >= 4 is 39.5 Å². The fourth-order valence-electron chi connectivity index (χ4n) is 4.45. The highest BCUT2D eigenvalue weighted by molar-refractivity contribution is 7.09. The molecule has 5 rings (SSSR count). The molecule has 0 aliphatic carbocycles. The Morgan fingerprint density at radius 1 is 1.22 bits per heavy atom. The summed E-state index contributed by atoms with van der Waals surface area (Å²) < 4.78 is 31.4. The maximum absolute atomic E-state index is 16.1. The summed E-state index contributed by atoms with van der Waals surface area (Å²) in [4.78, 5) is 4.08. The minimum absolute atomic E-state index is 0.149. The van der Waals surface area contributed by atoms with E-state index in [1.54, 1.807) is 35.7 Å². The maximum atomic E-state index is 16.1. The largest absolute Gasteiger partial charge is 0.389 e. The lowest BCUT2D eigenvalue weighted by Gasteiger charge is -2.44. The van der Waals surface area contributed by atoms with Gasteiger partial charge < -0.3 is 20.7 Å². The lowest BCUT2D eigenvalue weighted by Crippen LogP contribution is -2.54. The van der Waals surface area contributed by atoms with E-state index in [1.807, 2.05) is 31.4 Å². The molecule has 0 fully saturated rings. The van der Waals surface area contributed by atoms with Gasteiger partial charge in [-0.15, -0.1) is 11.3 Å². The zero-order valence-corrected chi connectivity index (χ0v) is 19.0. The van der Waals surface area contributed by atoms with E-state index in [9.17, 15) is 5.11 Å². The molecular weight excluding hydrogens is 452 g/mol. The van der Waals surface area contributed by atoms with Gasteiger partial charge in [-0.2, -0.15) is 0 Å². The number of aliphatic hydroxyl groups excluding tert-OH is 1. The van der Waals surface area contributed by atoms with Gasteiger partial charge in [0, 0.05) is 39.8 Å². The van der Waals surface area contributed by atoms with Gasteiger partial charge in [0.1, 0.15) is 11.6 Å². The van der Waals surface area contributed by atoms with Gasteiger partial charge in [-0.1, -0.05) is 35.9 Å². The van der Waals surface area contributed by atoms with Crippen LogP contribution in [0.5, 0.6) is 0 Å². The molecule has 2 unspecified atom stereocenters. The molecule has 0 bridgehead atoms. The third-order valence-corrected chi connectivity index (χ3v) is 7.28. The third-order valence-electron chi connectivity index (χ3n) is 6.09. The lowest BCUT2D eigenvalue weighted by atomic mass is 9.81. The number of anilines is 1. The fraction of sp³-hybridized carbons (Fsp3) is 0.250. The number of hydrogen-bond acceptors (Lipinski definition) is 4. The molecule has 3 heterocycles. The number of rotatable bonds is 4. The van der Waals surface area contributed by atoms with E-state index >= 15 is 8.78 Å². The van der Waals surface area contributed by atoms with Gasteiger partial charge in [0.15, 0.2) is 0 Å². The van der Waals surface area contributed by atoms with Gasteiger partial charge in [0.25, 0.3) is 0 Å². The molecule has 0 radical (unpaired) electrons. The zero-order valence-electron chi connectivity index (χ0n) is 17.5. The van der Waals surface area contributed by atoms with Crippen molar-refractivity contribution in [3.05, 3.63) is 75.1 Å². The molecule has 2 aromatic heterocycles. The second kappa shape index (κ2) is 7.85. The first kappa shape index (κ1) is 21.4. The smallest absolute Gasteiger partial charge is 0.140 e.